The van der Waals surface area contributed by atoms with Crippen molar-refractivity contribution in [2.24, 2.45) is 0 Å². The lowest BCUT2D eigenvalue weighted by Gasteiger charge is -2.16. The van der Waals surface area contributed by atoms with Crippen LogP contribution >= 0.6 is 11.6 Å². The molecule has 0 bridgehead atoms. The molecule has 1 aromatic carbocycles. The summed E-state index contributed by atoms with van der Waals surface area (Å²) in [4.78, 5) is 0. The van der Waals surface area contributed by atoms with E-state index < -0.39 is 0 Å². The summed E-state index contributed by atoms with van der Waals surface area (Å²) in [5.74, 6) is 0. The number of nitrogens with one attached hydrogen (secondary N) is 1. The quantitative estimate of drug-likeness (QED) is 0.433. The Morgan fingerprint density at radius 1 is 0.952 bits per heavy atom. The van der Waals surface area contributed by atoms with Crippen LogP contribution in [0.2, 0.25) is 5.02 Å². The first kappa shape index (κ1) is 18.5. The van der Waals surface area contributed by atoms with E-state index >= 15 is 0 Å². The standard InChI is InChI=1S/C19H32ClN/c1-3-4-5-6-7-8-9-10-11-15-19(21-2)17-13-12-14-18(20)16-17/h12-14,16,19,21H,3-11,15H2,1-2H3. The van der Waals surface area contributed by atoms with Gasteiger partial charge in [0.25, 0.3) is 0 Å². The summed E-state index contributed by atoms with van der Waals surface area (Å²) in [6, 6.07) is 8.67. The van der Waals surface area contributed by atoms with Crippen molar-refractivity contribution in [2.75, 3.05) is 7.05 Å². The molecular weight excluding hydrogens is 278 g/mol. The van der Waals surface area contributed by atoms with Crippen molar-refractivity contribution in [2.45, 2.75) is 77.2 Å². The SMILES string of the molecule is CCCCCCCCCCCC(NC)c1cccc(Cl)c1. The molecule has 0 amide bonds. The van der Waals surface area contributed by atoms with E-state index in [1.807, 2.05) is 19.2 Å². The monoisotopic (exact) mass is 309 g/mol. The normalized spacial score (nSPS) is 12.5. The third kappa shape index (κ3) is 8.48. The minimum Gasteiger partial charge on any atom is -0.313 e. The van der Waals surface area contributed by atoms with Gasteiger partial charge in [0.15, 0.2) is 0 Å². The van der Waals surface area contributed by atoms with Gasteiger partial charge in [-0.05, 0) is 31.2 Å². The molecule has 1 atom stereocenters. The highest BCUT2D eigenvalue weighted by Crippen LogP contribution is 2.22. The minimum atomic E-state index is 0.438. The van der Waals surface area contributed by atoms with Crippen molar-refractivity contribution in [3.05, 3.63) is 34.9 Å². The van der Waals surface area contributed by atoms with Crippen LogP contribution < -0.4 is 5.32 Å². The molecule has 0 saturated carbocycles. The van der Waals surface area contributed by atoms with Crippen molar-refractivity contribution in [1.29, 1.82) is 0 Å². The van der Waals surface area contributed by atoms with E-state index in [-0.39, 0.29) is 0 Å². The Morgan fingerprint density at radius 2 is 1.57 bits per heavy atom. The fraction of sp³-hybridized carbons (Fsp3) is 0.684. The van der Waals surface area contributed by atoms with Crippen LogP contribution in [0.15, 0.2) is 24.3 Å². The Balaban J connectivity index is 2.10. The van der Waals surface area contributed by atoms with Crippen molar-refractivity contribution in [3.8, 4) is 0 Å². The second-order valence-electron chi connectivity index (χ2n) is 6.01. The maximum Gasteiger partial charge on any atom is 0.0409 e. The lowest BCUT2D eigenvalue weighted by Crippen LogP contribution is -2.16. The molecule has 0 aliphatic rings. The van der Waals surface area contributed by atoms with Crippen LogP contribution in [0, 0.1) is 0 Å². The molecule has 0 fully saturated rings. The summed E-state index contributed by atoms with van der Waals surface area (Å²) < 4.78 is 0. The Kier molecular flexibility index (Phi) is 10.6. The second kappa shape index (κ2) is 12.1. The summed E-state index contributed by atoms with van der Waals surface area (Å²) in [6.45, 7) is 2.28. The Morgan fingerprint density at radius 3 is 2.14 bits per heavy atom. The van der Waals surface area contributed by atoms with E-state index in [2.05, 4.69) is 24.4 Å². The maximum absolute atomic E-state index is 6.07. The average molecular weight is 310 g/mol. The summed E-state index contributed by atoms with van der Waals surface area (Å²) >= 11 is 6.07. The molecular formula is C19H32ClN. The van der Waals surface area contributed by atoms with Gasteiger partial charge in [0.05, 0.1) is 0 Å². The van der Waals surface area contributed by atoms with Gasteiger partial charge in [-0.25, -0.2) is 0 Å². The van der Waals surface area contributed by atoms with E-state index in [1.54, 1.807) is 0 Å². The molecule has 1 rings (SSSR count). The number of hydrogen-bond donors (Lipinski definition) is 1. The third-order valence-corrected chi connectivity index (χ3v) is 4.43. The van der Waals surface area contributed by atoms with Gasteiger partial charge in [-0.2, -0.15) is 0 Å². The van der Waals surface area contributed by atoms with Gasteiger partial charge in [-0.15, -0.1) is 0 Å². The Bertz CT molecular complexity index is 364. The lowest BCUT2D eigenvalue weighted by molar-refractivity contribution is 0.493. The minimum absolute atomic E-state index is 0.438. The summed E-state index contributed by atoms with van der Waals surface area (Å²) in [6.07, 6.45) is 13.7. The Labute approximate surface area is 136 Å². The molecule has 0 aromatic heterocycles. The van der Waals surface area contributed by atoms with E-state index in [0.29, 0.717) is 6.04 Å². The molecule has 1 aromatic rings. The highest BCUT2D eigenvalue weighted by molar-refractivity contribution is 6.30. The van der Waals surface area contributed by atoms with Crippen molar-refractivity contribution in [1.82, 2.24) is 5.32 Å². The number of hydrogen-bond acceptors (Lipinski definition) is 1. The zero-order chi connectivity index (χ0) is 15.3. The summed E-state index contributed by atoms with van der Waals surface area (Å²) in [7, 11) is 2.04. The largest absolute Gasteiger partial charge is 0.313 e. The van der Waals surface area contributed by atoms with Crippen LogP contribution in [-0.4, -0.2) is 7.05 Å². The zero-order valence-corrected chi connectivity index (χ0v) is 14.6. The van der Waals surface area contributed by atoms with Gasteiger partial charge in [0.2, 0.25) is 0 Å². The highest BCUT2D eigenvalue weighted by Gasteiger charge is 2.08. The zero-order valence-electron chi connectivity index (χ0n) is 13.8. The lowest BCUT2D eigenvalue weighted by atomic mass is 9.99. The molecule has 1 unspecified atom stereocenters. The number of rotatable bonds is 12. The number of benzene rings is 1. The smallest absolute Gasteiger partial charge is 0.0409 e. The second-order valence-corrected chi connectivity index (χ2v) is 6.45. The number of halogens is 1. The van der Waals surface area contributed by atoms with Gasteiger partial charge in [0, 0.05) is 11.1 Å². The molecule has 120 valence electrons. The fourth-order valence-corrected chi connectivity index (χ4v) is 3.06. The van der Waals surface area contributed by atoms with Crippen LogP contribution in [0.1, 0.15) is 82.7 Å². The molecule has 1 nitrogen and oxygen atoms in total. The molecule has 0 radical (unpaired) electrons. The maximum atomic E-state index is 6.07. The average Bonchev–Trinajstić information content (AvgIpc) is 2.49. The van der Waals surface area contributed by atoms with Crippen LogP contribution in [-0.2, 0) is 0 Å². The van der Waals surface area contributed by atoms with E-state index in [9.17, 15) is 0 Å². The first-order valence-electron chi connectivity index (χ1n) is 8.70. The summed E-state index contributed by atoms with van der Waals surface area (Å²) in [5, 5.41) is 4.25. The number of unbranched alkanes of at least 4 members (excludes halogenated alkanes) is 8. The summed E-state index contributed by atoms with van der Waals surface area (Å²) in [5.41, 5.74) is 1.31. The van der Waals surface area contributed by atoms with E-state index in [0.717, 1.165) is 5.02 Å². The van der Waals surface area contributed by atoms with Crippen LogP contribution in [0.25, 0.3) is 0 Å². The molecule has 0 aliphatic heterocycles. The molecule has 1 N–H and O–H groups in total. The van der Waals surface area contributed by atoms with E-state index in [1.165, 1.54) is 69.8 Å². The van der Waals surface area contributed by atoms with E-state index in [4.69, 9.17) is 11.6 Å². The fourth-order valence-electron chi connectivity index (χ4n) is 2.86. The van der Waals surface area contributed by atoms with Gasteiger partial charge in [0.1, 0.15) is 0 Å². The predicted molar refractivity (Wildman–Crippen MR) is 95.1 cm³/mol. The molecule has 0 heterocycles. The van der Waals surface area contributed by atoms with Gasteiger partial charge in [-0.3, -0.25) is 0 Å². The van der Waals surface area contributed by atoms with Crippen molar-refractivity contribution < 1.29 is 0 Å². The molecule has 0 spiro atoms. The predicted octanol–water partition coefficient (Wildman–Crippen LogP) is 6.52. The van der Waals surface area contributed by atoms with Crippen LogP contribution in [0.4, 0.5) is 0 Å². The Hall–Kier alpha value is -0.530. The third-order valence-electron chi connectivity index (χ3n) is 4.20. The first-order chi connectivity index (χ1) is 10.3. The highest BCUT2D eigenvalue weighted by atomic mass is 35.5. The van der Waals surface area contributed by atoms with Gasteiger partial charge >= 0.3 is 0 Å². The molecule has 0 aliphatic carbocycles. The van der Waals surface area contributed by atoms with Gasteiger partial charge in [-0.1, -0.05) is 88.4 Å². The van der Waals surface area contributed by atoms with Crippen molar-refractivity contribution in [3.63, 3.8) is 0 Å². The molecule has 2 heteroatoms. The molecule has 0 saturated heterocycles. The van der Waals surface area contributed by atoms with Crippen molar-refractivity contribution >= 4 is 11.6 Å². The van der Waals surface area contributed by atoms with Gasteiger partial charge < -0.3 is 5.32 Å². The van der Waals surface area contributed by atoms with Crippen LogP contribution in [0.5, 0.6) is 0 Å². The first-order valence-corrected chi connectivity index (χ1v) is 9.08. The topological polar surface area (TPSA) is 12.0 Å². The van der Waals surface area contributed by atoms with Crippen LogP contribution in [0.3, 0.4) is 0 Å². The molecule has 21 heavy (non-hydrogen) atoms.